The molecule has 0 fully saturated rings. The van der Waals surface area contributed by atoms with Crippen molar-refractivity contribution in [1.82, 2.24) is 20.8 Å². The van der Waals surface area contributed by atoms with Crippen molar-refractivity contribution in [3.63, 3.8) is 0 Å². The summed E-state index contributed by atoms with van der Waals surface area (Å²) in [6.45, 7) is 7.57. The molecular formula is C11H21ClN4O. The fourth-order valence-corrected chi connectivity index (χ4v) is 1.48. The number of likely N-dealkylation sites (N-methyl/N-ethyl adjacent to an activating group) is 1. The van der Waals surface area contributed by atoms with Crippen molar-refractivity contribution < 1.29 is 4.79 Å². The highest BCUT2D eigenvalue weighted by Gasteiger charge is 2.07. The van der Waals surface area contributed by atoms with Crippen LogP contribution in [0.4, 0.5) is 0 Å². The average molecular weight is 261 g/mol. The van der Waals surface area contributed by atoms with Gasteiger partial charge in [-0.25, -0.2) is 0 Å². The van der Waals surface area contributed by atoms with E-state index >= 15 is 0 Å². The van der Waals surface area contributed by atoms with Crippen molar-refractivity contribution in [1.29, 1.82) is 0 Å². The minimum absolute atomic E-state index is 0. The zero-order chi connectivity index (χ0) is 12.0. The van der Waals surface area contributed by atoms with E-state index in [0.717, 1.165) is 17.9 Å². The average Bonchev–Trinajstić information content (AvgIpc) is 2.61. The number of halogens is 1. The van der Waals surface area contributed by atoms with Gasteiger partial charge in [-0.3, -0.25) is 9.89 Å². The molecule has 0 aromatic carbocycles. The molecule has 98 valence electrons. The van der Waals surface area contributed by atoms with Crippen molar-refractivity contribution in [3.05, 3.63) is 17.5 Å². The lowest BCUT2D eigenvalue weighted by atomic mass is 10.2. The molecule has 0 saturated heterocycles. The summed E-state index contributed by atoms with van der Waals surface area (Å²) in [5.74, 6) is 0.0104. The molecule has 1 heterocycles. The number of carbonyl (C=O) groups excluding carboxylic acids is 1. The molecule has 1 amide bonds. The van der Waals surface area contributed by atoms with Gasteiger partial charge >= 0.3 is 0 Å². The highest BCUT2D eigenvalue weighted by atomic mass is 35.5. The van der Waals surface area contributed by atoms with Crippen LogP contribution in [-0.4, -0.2) is 35.2 Å². The Labute approximate surface area is 108 Å². The Morgan fingerprint density at radius 2 is 2.29 bits per heavy atom. The van der Waals surface area contributed by atoms with Crippen LogP contribution >= 0.6 is 12.4 Å². The van der Waals surface area contributed by atoms with Crippen LogP contribution in [0.25, 0.3) is 0 Å². The van der Waals surface area contributed by atoms with Crippen LogP contribution in [0.1, 0.15) is 25.2 Å². The number of carbonyl (C=O) groups is 1. The lowest BCUT2D eigenvalue weighted by Crippen LogP contribution is -2.39. The molecule has 17 heavy (non-hydrogen) atoms. The van der Waals surface area contributed by atoms with Gasteiger partial charge in [-0.1, -0.05) is 6.92 Å². The summed E-state index contributed by atoms with van der Waals surface area (Å²) in [6.07, 6.45) is 0.336. The lowest BCUT2D eigenvalue weighted by Gasteiger charge is -2.12. The fourth-order valence-electron chi connectivity index (χ4n) is 1.48. The number of aromatic nitrogens is 2. The topological polar surface area (TPSA) is 69.8 Å². The Balaban J connectivity index is 0.00000256. The fraction of sp³-hybridized carbons (Fsp3) is 0.636. The Morgan fingerprint density at radius 1 is 1.59 bits per heavy atom. The van der Waals surface area contributed by atoms with Gasteiger partial charge < -0.3 is 10.6 Å². The van der Waals surface area contributed by atoms with Crippen molar-refractivity contribution in [2.75, 3.05) is 13.1 Å². The number of amides is 1. The molecule has 0 aliphatic carbocycles. The summed E-state index contributed by atoms with van der Waals surface area (Å²) < 4.78 is 0. The molecule has 6 heteroatoms. The smallest absolute Gasteiger partial charge is 0.226 e. The number of rotatable bonds is 6. The molecule has 0 bridgehead atoms. The van der Waals surface area contributed by atoms with Gasteiger partial charge in [-0.05, 0) is 26.5 Å². The van der Waals surface area contributed by atoms with Gasteiger partial charge in [0.1, 0.15) is 0 Å². The van der Waals surface area contributed by atoms with Gasteiger partial charge in [0.25, 0.3) is 0 Å². The second-order valence-electron chi connectivity index (χ2n) is 3.98. The molecule has 0 unspecified atom stereocenters. The normalized spacial score (nSPS) is 11.7. The van der Waals surface area contributed by atoms with Gasteiger partial charge in [-0.2, -0.15) is 5.10 Å². The molecule has 1 aromatic rings. The van der Waals surface area contributed by atoms with E-state index in [1.54, 1.807) is 0 Å². The summed E-state index contributed by atoms with van der Waals surface area (Å²) >= 11 is 0. The Morgan fingerprint density at radius 3 is 2.82 bits per heavy atom. The van der Waals surface area contributed by atoms with Gasteiger partial charge in [0.15, 0.2) is 0 Å². The molecule has 0 aliphatic heterocycles. The van der Waals surface area contributed by atoms with Crippen LogP contribution in [0.2, 0.25) is 0 Å². The largest absolute Gasteiger partial charge is 0.354 e. The van der Waals surface area contributed by atoms with Crippen molar-refractivity contribution in [2.45, 2.75) is 33.2 Å². The van der Waals surface area contributed by atoms with Gasteiger partial charge in [0.2, 0.25) is 5.91 Å². The molecule has 0 aliphatic rings. The SMILES string of the molecule is CCN[C@H](C)CNC(=O)Cc1cc(C)[nH]n1.Cl. The van der Waals surface area contributed by atoms with E-state index in [2.05, 4.69) is 20.8 Å². The standard InChI is InChI=1S/C11H20N4O.ClH/c1-4-12-9(3)7-13-11(16)6-10-5-8(2)14-15-10;/h5,9,12H,4,6-7H2,1-3H3,(H,13,16)(H,14,15);1H/t9-;/m1./s1. The third kappa shape index (κ3) is 6.28. The highest BCUT2D eigenvalue weighted by Crippen LogP contribution is 1.98. The highest BCUT2D eigenvalue weighted by molar-refractivity contribution is 5.85. The molecule has 1 aromatic heterocycles. The molecule has 0 radical (unpaired) electrons. The summed E-state index contributed by atoms with van der Waals surface area (Å²) in [5, 5.41) is 12.9. The van der Waals surface area contributed by atoms with Crippen LogP contribution in [0, 0.1) is 6.92 Å². The minimum Gasteiger partial charge on any atom is -0.354 e. The van der Waals surface area contributed by atoms with Gasteiger partial charge in [0, 0.05) is 18.3 Å². The van der Waals surface area contributed by atoms with E-state index in [9.17, 15) is 4.79 Å². The molecule has 3 N–H and O–H groups in total. The Hall–Kier alpha value is -1.07. The van der Waals surface area contributed by atoms with E-state index in [0.29, 0.717) is 19.0 Å². The zero-order valence-electron chi connectivity index (χ0n) is 10.5. The molecule has 0 saturated carbocycles. The molecule has 5 nitrogen and oxygen atoms in total. The maximum Gasteiger partial charge on any atom is 0.226 e. The predicted molar refractivity (Wildman–Crippen MR) is 70.4 cm³/mol. The number of hydrogen-bond acceptors (Lipinski definition) is 3. The van der Waals surface area contributed by atoms with Crippen molar-refractivity contribution in [3.8, 4) is 0 Å². The second kappa shape index (κ2) is 8.08. The number of H-pyrrole nitrogens is 1. The second-order valence-corrected chi connectivity index (χ2v) is 3.98. The monoisotopic (exact) mass is 260 g/mol. The zero-order valence-corrected chi connectivity index (χ0v) is 11.4. The van der Waals surface area contributed by atoms with Crippen LogP contribution < -0.4 is 10.6 Å². The molecule has 1 atom stereocenters. The maximum atomic E-state index is 11.5. The van der Waals surface area contributed by atoms with E-state index in [-0.39, 0.29) is 18.3 Å². The summed E-state index contributed by atoms with van der Waals surface area (Å²) in [5.41, 5.74) is 1.76. The first kappa shape index (κ1) is 15.9. The van der Waals surface area contributed by atoms with E-state index in [1.807, 2.05) is 26.8 Å². The summed E-state index contributed by atoms with van der Waals surface area (Å²) in [4.78, 5) is 11.5. The van der Waals surface area contributed by atoms with Crippen LogP contribution in [0.15, 0.2) is 6.07 Å². The van der Waals surface area contributed by atoms with Crippen molar-refractivity contribution >= 4 is 18.3 Å². The van der Waals surface area contributed by atoms with Gasteiger partial charge in [-0.15, -0.1) is 12.4 Å². The van der Waals surface area contributed by atoms with E-state index in [4.69, 9.17) is 0 Å². The quantitative estimate of drug-likeness (QED) is 0.709. The molecular weight excluding hydrogens is 240 g/mol. The summed E-state index contributed by atoms with van der Waals surface area (Å²) in [7, 11) is 0. The first-order chi connectivity index (χ1) is 7.61. The number of nitrogens with one attached hydrogen (secondary N) is 3. The third-order valence-corrected chi connectivity index (χ3v) is 2.26. The summed E-state index contributed by atoms with van der Waals surface area (Å²) in [6, 6.07) is 2.18. The lowest BCUT2D eigenvalue weighted by molar-refractivity contribution is -0.120. The first-order valence-electron chi connectivity index (χ1n) is 5.62. The Bertz CT molecular complexity index is 340. The predicted octanol–water partition coefficient (Wildman–Crippen LogP) is 0.797. The maximum absolute atomic E-state index is 11.5. The first-order valence-corrected chi connectivity index (χ1v) is 5.62. The van der Waals surface area contributed by atoms with Crippen LogP contribution in [0.3, 0.4) is 0 Å². The number of hydrogen-bond donors (Lipinski definition) is 3. The number of aromatic amines is 1. The molecule has 0 spiro atoms. The van der Waals surface area contributed by atoms with E-state index < -0.39 is 0 Å². The van der Waals surface area contributed by atoms with Crippen molar-refractivity contribution in [2.24, 2.45) is 0 Å². The van der Waals surface area contributed by atoms with Crippen LogP contribution in [-0.2, 0) is 11.2 Å². The number of aryl methyl sites for hydroxylation is 1. The van der Waals surface area contributed by atoms with Crippen LogP contribution in [0.5, 0.6) is 0 Å². The van der Waals surface area contributed by atoms with E-state index in [1.165, 1.54) is 0 Å². The Kier molecular flexibility index (Phi) is 7.58. The third-order valence-electron chi connectivity index (χ3n) is 2.26. The van der Waals surface area contributed by atoms with Gasteiger partial charge in [0.05, 0.1) is 12.1 Å². The number of nitrogens with zero attached hydrogens (tertiary/aromatic N) is 1. The molecule has 1 rings (SSSR count). The minimum atomic E-state index is 0.